The number of aromatic amines is 1. The maximum absolute atomic E-state index is 13.6. The zero-order valence-electron chi connectivity index (χ0n) is 11.7. The summed E-state index contributed by atoms with van der Waals surface area (Å²) in [6, 6.07) is 13.4. The molecule has 0 fully saturated rings. The molecule has 1 atom stereocenters. The van der Waals surface area contributed by atoms with Gasteiger partial charge in [-0.3, -0.25) is 4.79 Å². The maximum atomic E-state index is 13.6. The van der Waals surface area contributed by atoms with E-state index in [-0.39, 0.29) is 5.56 Å². The summed E-state index contributed by atoms with van der Waals surface area (Å²) < 4.78 is 40.8. The molecule has 2 aromatic carbocycles. The van der Waals surface area contributed by atoms with Crippen molar-refractivity contribution in [1.29, 1.82) is 0 Å². The van der Waals surface area contributed by atoms with Crippen LogP contribution in [0.5, 0.6) is 0 Å². The molecule has 3 nitrogen and oxygen atoms in total. The zero-order chi connectivity index (χ0) is 16.2. The van der Waals surface area contributed by atoms with E-state index in [9.17, 15) is 18.0 Å². The Bertz CT molecular complexity index is 927. The van der Waals surface area contributed by atoms with Gasteiger partial charge in [0.2, 0.25) is 5.91 Å². The van der Waals surface area contributed by atoms with Crippen LogP contribution in [0.25, 0.3) is 22.2 Å². The molecule has 1 unspecified atom stereocenters. The average Bonchev–Trinajstić information content (AvgIpc) is 2.80. The summed E-state index contributed by atoms with van der Waals surface area (Å²) in [5.41, 5.74) is 1.82. The second kappa shape index (κ2) is 4.62. The summed E-state index contributed by atoms with van der Waals surface area (Å²) in [6.45, 7) is 0. The second-order valence-electron chi connectivity index (χ2n) is 5.47. The molecular formula is C17H11F3N2O. The fourth-order valence-electron chi connectivity index (χ4n) is 3.13. The highest BCUT2D eigenvalue weighted by Crippen LogP contribution is 2.47. The summed E-state index contributed by atoms with van der Waals surface area (Å²) in [6.07, 6.45) is -4.67. The van der Waals surface area contributed by atoms with E-state index in [1.54, 1.807) is 48.5 Å². The summed E-state index contributed by atoms with van der Waals surface area (Å²) >= 11 is 0. The molecule has 6 heteroatoms. The van der Waals surface area contributed by atoms with Gasteiger partial charge < -0.3 is 10.3 Å². The van der Waals surface area contributed by atoms with Crippen LogP contribution in [0, 0.1) is 0 Å². The van der Waals surface area contributed by atoms with Crippen LogP contribution < -0.4 is 5.32 Å². The monoisotopic (exact) mass is 316 g/mol. The predicted octanol–water partition coefficient (Wildman–Crippen LogP) is 4.43. The Kier molecular flexibility index (Phi) is 2.78. The number of carbonyl (C=O) groups is 1. The van der Waals surface area contributed by atoms with Crippen LogP contribution >= 0.6 is 0 Å². The molecule has 1 aliphatic rings. The molecule has 0 spiro atoms. The first kappa shape index (κ1) is 13.9. The smallest absolute Gasteiger partial charge is 0.354 e. The van der Waals surface area contributed by atoms with Crippen molar-refractivity contribution in [2.45, 2.75) is 12.1 Å². The van der Waals surface area contributed by atoms with Crippen LogP contribution in [0.1, 0.15) is 11.5 Å². The molecule has 0 bridgehead atoms. The van der Waals surface area contributed by atoms with Crippen molar-refractivity contribution in [3.63, 3.8) is 0 Å². The number of aromatic nitrogens is 1. The Balaban J connectivity index is 2.13. The van der Waals surface area contributed by atoms with E-state index in [0.29, 0.717) is 27.8 Å². The first-order valence-electron chi connectivity index (χ1n) is 7.04. The Hall–Kier alpha value is -2.76. The topological polar surface area (TPSA) is 44.9 Å². The molecular weight excluding hydrogens is 305 g/mol. The highest BCUT2D eigenvalue weighted by atomic mass is 19.4. The van der Waals surface area contributed by atoms with E-state index < -0.39 is 18.0 Å². The van der Waals surface area contributed by atoms with Crippen LogP contribution in [-0.4, -0.2) is 17.1 Å². The quantitative estimate of drug-likeness (QED) is 0.633. The SMILES string of the molecule is O=C1Nc2ccccc2-c2[nH]c3ccccc3c2C1C(F)(F)F. The van der Waals surface area contributed by atoms with Gasteiger partial charge in [-0.05, 0) is 12.1 Å². The lowest BCUT2D eigenvalue weighted by molar-refractivity contribution is -0.161. The Labute approximate surface area is 129 Å². The number of fused-ring (bicyclic) bond motifs is 5. The Morgan fingerprint density at radius 3 is 2.43 bits per heavy atom. The number of H-pyrrole nitrogens is 1. The third kappa shape index (κ3) is 2.02. The number of anilines is 1. The van der Waals surface area contributed by atoms with Crippen LogP contribution in [0.2, 0.25) is 0 Å². The van der Waals surface area contributed by atoms with E-state index in [2.05, 4.69) is 10.3 Å². The molecule has 3 aromatic rings. The molecule has 0 aliphatic carbocycles. The highest BCUT2D eigenvalue weighted by Gasteiger charge is 2.49. The molecule has 0 radical (unpaired) electrons. The number of amides is 1. The number of benzene rings is 2. The summed E-state index contributed by atoms with van der Waals surface area (Å²) in [7, 11) is 0. The molecule has 1 aliphatic heterocycles. The van der Waals surface area contributed by atoms with Crippen LogP contribution in [0.15, 0.2) is 48.5 Å². The molecule has 1 amide bonds. The van der Waals surface area contributed by atoms with Gasteiger partial charge in [0.25, 0.3) is 0 Å². The number of alkyl halides is 3. The number of para-hydroxylation sites is 2. The van der Waals surface area contributed by atoms with Gasteiger partial charge in [-0.2, -0.15) is 13.2 Å². The van der Waals surface area contributed by atoms with Crippen LogP contribution in [0.4, 0.5) is 18.9 Å². The van der Waals surface area contributed by atoms with Crippen molar-refractivity contribution in [1.82, 2.24) is 4.98 Å². The first-order chi connectivity index (χ1) is 11.0. The normalized spacial score (nSPS) is 17.3. The minimum absolute atomic E-state index is 0.0180. The second-order valence-corrected chi connectivity index (χ2v) is 5.47. The number of halogens is 3. The molecule has 0 saturated carbocycles. The summed E-state index contributed by atoms with van der Waals surface area (Å²) in [5, 5.41) is 2.81. The molecule has 4 rings (SSSR count). The maximum Gasteiger partial charge on any atom is 0.404 e. The van der Waals surface area contributed by atoms with Crippen molar-refractivity contribution < 1.29 is 18.0 Å². The number of nitrogens with one attached hydrogen (secondary N) is 2. The van der Waals surface area contributed by atoms with Crippen molar-refractivity contribution in [2.24, 2.45) is 0 Å². The lowest BCUT2D eigenvalue weighted by Crippen LogP contribution is -2.32. The van der Waals surface area contributed by atoms with E-state index in [1.165, 1.54) is 0 Å². The van der Waals surface area contributed by atoms with Crippen LogP contribution in [-0.2, 0) is 4.79 Å². The summed E-state index contributed by atoms with van der Waals surface area (Å²) in [5.74, 6) is -3.27. The van der Waals surface area contributed by atoms with E-state index >= 15 is 0 Å². The largest absolute Gasteiger partial charge is 0.404 e. The van der Waals surface area contributed by atoms with Gasteiger partial charge in [-0.15, -0.1) is 0 Å². The number of carbonyl (C=O) groups excluding carboxylic acids is 1. The minimum atomic E-state index is -4.67. The predicted molar refractivity (Wildman–Crippen MR) is 81.2 cm³/mol. The van der Waals surface area contributed by atoms with Crippen molar-refractivity contribution >= 4 is 22.5 Å². The number of rotatable bonds is 0. The molecule has 23 heavy (non-hydrogen) atoms. The van der Waals surface area contributed by atoms with Gasteiger partial charge in [0.15, 0.2) is 5.92 Å². The Morgan fingerprint density at radius 2 is 1.65 bits per heavy atom. The molecule has 2 N–H and O–H groups in total. The highest BCUT2D eigenvalue weighted by molar-refractivity contribution is 6.08. The number of hydrogen-bond donors (Lipinski definition) is 2. The fraction of sp³-hybridized carbons (Fsp3) is 0.118. The van der Waals surface area contributed by atoms with Crippen molar-refractivity contribution in [3.05, 3.63) is 54.1 Å². The van der Waals surface area contributed by atoms with Gasteiger partial charge in [0.05, 0.1) is 11.4 Å². The van der Waals surface area contributed by atoms with E-state index in [1.807, 2.05) is 0 Å². The third-order valence-corrected chi connectivity index (χ3v) is 4.08. The third-order valence-electron chi connectivity index (χ3n) is 4.08. The van der Waals surface area contributed by atoms with E-state index in [0.717, 1.165) is 0 Å². The van der Waals surface area contributed by atoms with Crippen molar-refractivity contribution in [2.75, 3.05) is 5.32 Å². The standard InChI is InChI=1S/C17H11F3N2O/c18-17(19,20)14-13-9-5-1-3-7-11(9)21-15(13)10-6-2-4-8-12(10)22-16(14)23/h1-8,14,21H,(H,22,23). The van der Waals surface area contributed by atoms with Gasteiger partial charge >= 0.3 is 6.18 Å². The minimum Gasteiger partial charge on any atom is -0.354 e. The van der Waals surface area contributed by atoms with Crippen molar-refractivity contribution in [3.8, 4) is 11.3 Å². The zero-order valence-corrected chi connectivity index (χ0v) is 11.7. The molecule has 2 heterocycles. The number of hydrogen-bond acceptors (Lipinski definition) is 1. The molecule has 1 aromatic heterocycles. The van der Waals surface area contributed by atoms with Gasteiger partial charge in [0, 0.05) is 22.0 Å². The molecule has 0 saturated heterocycles. The fourth-order valence-corrected chi connectivity index (χ4v) is 3.13. The van der Waals surface area contributed by atoms with Gasteiger partial charge in [-0.1, -0.05) is 36.4 Å². The first-order valence-corrected chi connectivity index (χ1v) is 7.04. The Morgan fingerprint density at radius 1 is 0.957 bits per heavy atom. The van der Waals surface area contributed by atoms with E-state index in [4.69, 9.17) is 0 Å². The molecule has 116 valence electrons. The van der Waals surface area contributed by atoms with Gasteiger partial charge in [-0.25, -0.2) is 0 Å². The lowest BCUT2D eigenvalue weighted by Gasteiger charge is -2.18. The lowest BCUT2D eigenvalue weighted by atomic mass is 9.93. The van der Waals surface area contributed by atoms with Gasteiger partial charge in [0.1, 0.15) is 0 Å². The summed E-state index contributed by atoms with van der Waals surface area (Å²) in [4.78, 5) is 15.3. The van der Waals surface area contributed by atoms with Crippen LogP contribution in [0.3, 0.4) is 0 Å². The average molecular weight is 316 g/mol.